The first-order valence-corrected chi connectivity index (χ1v) is 3.90. The van der Waals surface area contributed by atoms with Crippen molar-refractivity contribution in [2.24, 2.45) is 10.9 Å². The zero-order valence-electron chi connectivity index (χ0n) is 7.53. The second kappa shape index (κ2) is 4.30. The minimum atomic E-state index is 0.397. The van der Waals surface area contributed by atoms with Gasteiger partial charge in [-0.2, -0.15) is 0 Å². The Morgan fingerprint density at radius 3 is 2.54 bits per heavy atom. The molecule has 0 aliphatic rings. The van der Waals surface area contributed by atoms with Crippen molar-refractivity contribution < 1.29 is 4.74 Å². The van der Waals surface area contributed by atoms with E-state index in [1.807, 2.05) is 30.3 Å². The quantitative estimate of drug-likeness (QED) is 0.246. The van der Waals surface area contributed by atoms with Gasteiger partial charge in [-0.3, -0.25) is 0 Å². The maximum atomic E-state index is 5.22. The highest BCUT2D eigenvalue weighted by atomic mass is 16.5. The molecule has 0 amide bonds. The third-order valence-electron chi connectivity index (χ3n) is 1.55. The third-order valence-corrected chi connectivity index (χ3v) is 1.55. The van der Waals surface area contributed by atoms with Gasteiger partial charge in [0.15, 0.2) is 0 Å². The zero-order valence-corrected chi connectivity index (χ0v) is 7.53. The molecule has 13 heavy (non-hydrogen) atoms. The number of nitrogens with zero attached hydrogens (tertiary/aromatic N) is 1. The molecule has 0 saturated heterocycles. The monoisotopic (exact) mass is 176 g/mol. The number of rotatable bonds is 2. The van der Waals surface area contributed by atoms with E-state index in [-0.39, 0.29) is 0 Å². The average molecular weight is 176 g/mol. The molecule has 0 aliphatic heterocycles. The minimum absolute atomic E-state index is 0.397. The van der Waals surface area contributed by atoms with Crippen LogP contribution >= 0.6 is 0 Å². The number of hydrogen-bond donors (Lipinski definition) is 1. The van der Waals surface area contributed by atoms with E-state index in [1.54, 1.807) is 6.92 Å². The van der Waals surface area contributed by atoms with E-state index in [2.05, 4.69) is 11.7 Å². The highest BCUT2D eigenvalue weighted by Gasteiger charge is 1.99. The molecule has 0 heterocycles. The molecule has 0 aliphatic carbocycles. The molecule has 0 fully saturated rings. The molecule has 0 unspecified atom stereocenters. The highest BCUT2D eigenvalue weighted by molar-refractivity contribution is 5.79. The van der Waals surface area contributed by atoms with E-state index >= 15 is 0 Å². The number of hydrazone groups is 1. The van der Waals surface area contributed by atoms with Crippen molar-refractivity contribution in [1.82, 2.24) is 0 Å². The first-order chi connectivity index (χ1) is 6.24. The largest absolute Gasteiger partial charge is 0.442 e. The van der Waals surface area contributed by atoms with Crippen LogP contribution in [0.2, 0.25) is 0 Å². The van der Waals surface area contributed by atoms with E-state index in [9.17, 15) is 0 Å². The van der Waals surface area contributed by atoms with Crippen LogP contribution < -0.4 is 5.84 Å². The average Bonchev–Trinajstić information content (AvgIpc) is 2.19. The van der Waals surface area contributed by atoms with Crippen LogP contribution in [-0.4, -0.2) is 5.90 Å². The van der Waals surface area contributed by atoms with Crippen LogP contribution in [0.25, 0.3) is 5.76 Å². The smallest absolute Gasteiger partial charge is 0.208 e. The molecular formula is C10H12N2O. The lowest BCUT2D eigenvalue weighted by molar-refractivity contribution is 0.502. The van der Waals surface area contributed by atoms with Gasteiger partial charge in [0, 0.05) is 12.5 Å². The van der Waals surface area contributed by atoms with E-state index < -0.39 is 0 Å². The lowest BCUT2D eigenvalue weighted by Gasteiger charge is -2.06. The Labute approximate surface area is 77.5 Å². The van der Waals surface area contributed by atoms with Gasteiger partial charge >= 0.3 is 0 Å². The lowest BCUT2D eigenvalue weighted by atomic mass is 10.2. The standard InChI is InChI=1S/C10H12N2O/c1-8(13-9(2)12-11)10-6-4-3-5-7-10/h3-7H,1,11H2,2H3/b12-9-. The summed E-state index contributed by atoms with van der Waals surface area (Å²) in [6.07, 6.45) is 0. The van der Waals surface area contributed by atoms with Crippen molar-refractivity contribution in [3.63, 3.8) is 0 Å². The van der Waals surface area contributed by atoms with Crippen molar-refractivity contribution in [2.45, 2.75) is 6.92 Å². The number of nitrogens with two attached hydrogens (primary N) is 1. The van der Waals surface area contributed by atoms with Crippen LogP contribution in [-0.2, 0) is 4.74 Å². The first-order valence-electron chi connectivity index (χ1n) is 3.90. The molecule has 0 bridgehead atoms. The molecule has 3 heteroatoms. The van der Waals surface area contributed by atoms with Gasteiger partial charge in [0.05, 0.1) is 0 Å². The Kier molecular flexibility index (Phi) is 3.09. The fourth-order valence-corrected chi connectivity index (χ4v) is 0.888. The van der Waals surface area contributed by atoms with Crippen LogP contribution in [0.4, 0.5) is 0 Å². The Hall–Kier alpha value is -1.77. The summed E-state index contributed by atoms with van der Waals surface area (Å²) in [5, 5.41) is 3.39. The summed E-state index contributed by atoms with van der Waals surface area (Å²) in [4.78, 5) is 0. The maximum Gasteiger partial charge on any atom is 0.208 e. The molecule has 0 radical (unpaired) electrons. The van der Waals surface area contributed by atoms with Crippen molar-refractivity contribution in [3.8, 4) is 0 Å². The van der Waals surface area contributed by atoms with Crippen LogP contribution in [0.5, 0.6) is 0 Å². The zero-order chi connectivity index (χ0) is 9.68. The van der Waals surface area contributed by atoms with Gasteiger partial charge < -0.3 is 10.6 Å². The topological polar surface area (TPSA) is 47.6 Å². The van der Waals surface area contributed by atoms with Gasteiger partial charge in [-0.05, 0) is 0 Å². The number of hydrogen-bond acceptors (Lipinski definition) is 3. The summed E-state index contributed by atoms with van der Waals surface area (Å²) in [5.74, 6) is 5.97. The summed E-state index contributed by atoms with van der Waals surface area (Å²) in [6, 6.07) is 9.58. The molecule has 1 rings (SSSR count). The van der Waals surface area contributed by atoms with Crippen LogP contribution in [0.15, 0.2) is 42.0 Å². The number of ether oxygens (including phenoxy) is 1. The van der Waals surface area contributed by atoms with Crippen LogP contribution in [0.3, 0.4) is 0 Å². The molecular weight excluding hydrogens is 164 g/mol. The van der Waals surface area contributed by atoms with E-state index in [0.29, 0.717) is 11.7 Å². The molecule has 0 spiro atoms. The molecule has 1 aromatic carbocycles. The second-order valence-corrected chi connectivity index (χ2v) is 2.54. The molecule has 3 nitrogen and oxygen atoms in total. The minimum Gasteiger partial charge on any atom is -0.442 e. The summed E-state index contributed by atoms with van der Waals surface area (Å²) >= 11 is 0. The normalized spacial score (nSPS) is 11.0. The summed E-state index contributed by atoms with van der Waals surface area (Å²) in [6.45, 7) is 5.43. The van der Waals surface area contributed by atoms with Gasteiger partial charge in [0.2, 0.25) is 5.90 Å². The van der Waals surface area contributed by atoms with Crippen molar-refractivity contribution in [1.29, 1.82) is 0 Å². The Morgan fingerprint density at radius 1 is 1.38 bits per heavy atom. The predicted octanol–water partition coefficient (Wildman–Crippen LogP) is 1.97. The molecule has 68 valence electrons. The first kappa shape index (κ1) is 9.32. The van der Waals surface area contributed by atoms with Gasteiger partial charge in [0.25, 0.3) is 0 Å². The second-order valence-electron chi connectivity index (χ2n) is 2.54. The van der Waals surface area contributed by atoms with E-state index in [4.69, 9.17) is 10.6 Å². The van der Waals surface area contributed by atoms with Crippen molar-refractivity contribution in [3.05, 3.63) is 42.5 Å². The third kappa shape index (κ3) is 2.63. The predicted molar refractivity (Wildman–Crippen MR) is 53.9 cm³/mol. The molecule has 0 atom stereocenters. The Bertz CT molecular complexity index is 317. The van der Waals surface area contributed by atoms with Gasteiger partial charge in [-0.15, -0.1) is 5.10 Å². The summed E-state index contributed by atoms with van der Waals surface area (Å²) in [7, 11) is 0. The Balaban J connectivity index is 2.70. The van der Waals surface area contributed by atoms with Gasteiger partial charge in [0.1, 0.15) is 5.76 Å². The lowest BCUT2D eigenvalue weighted by Crippen LogP contribution is -2.01. The summed E-state index contributed by atoms with van der Waals surface area (Å²) < 4.78 is 5.22. The van der Waals surface area contributed by atoms with Crippen molar-refractivity contribution in [2.75, 3.05) is 0 Å². The fraction of sp³-hybridized carbons (Fsp3) is 0.100. The van der Waals surface area contributed by atoms with Gasteiger partial charge in [-0.25, -0.2) is 0 Å². The van der Waals surface area contributed by atoms with Crippen molar-refractivity contribution >= 4 is 11.7 Å². The molecule has 0 saturated carbocycles. The van der Waals surface area contributed by atoms with Crippen LogP contribution in [0, 0.1) is 0 Å². The summed E-state index contributed by atoms with van der Waals surface area (Å²) in [5.41, 5.74) is 0.922. The van der Waals surface area contributed by atoms with E-state index in [1.165, 1.54) is 0 Å². The highest BCUT2D eigenvalue weighted by Crippen LogP contribution is 2.12. The maximum absolute atomic E-state index is 5.22. The molecule has 1 aromatic rings. The molecule has 2 N–H and O–H groups in total. The molecule has 0 aromatic heterocycles. The van der Waals surface area contributed by atoms with E-state index in [0.717, 1.165) is 5.56 Å². The van der Waals surface area contributed by atoms with Crippen LogP contribution in [0.1, 0.15) is 12.5 Å². The van der Waals surface area contributed by atoms with Gasteiger partial charge in [-0.1, -0.05) is 36.9 Å². The Morgan fingerprint density at radius 2 is 2.00 bits per heavy atom. The SMILES string of the molecule is C=C(O/C(C)=N\N)c1ccccc1. The number of benzene rings is 1. The fourth-order valence-electron chi connectivity index (χ4n) is 0.888.